The second-order valence-electron chi connectivity index (χ2n) is 4.81. The highest BCUT2D eigenvalue weighted by Gasteiger charge is 2.11. The molecule has 0 aliphatic rings. The maximum absolute atomic E-state index is 12.0. The minimum absolute atomic E-state index is 0.0157. The number of amides is 1. The molecule has 0 saturated carbocycles. The number of hydrogen-bond donors (Lipinski definition) is 2. The van der Waals surface area contributed by atoms with E-state index in [2.05, 4.69) is 10.5 Å². The van der Waals surface area contributed by atoms with Gasteiger partial charge in [0.2, 0.25) is 5.75 Å². The van der Waals surface area contributed by atoms with Crippen molar-refractivity contribution in [1.29, 1.82) is 0 Å². The Balaban J connectivity index is 2.18. The van der Waals surface area contributed by atoms with Crippen molar-refractivity contribution in [3.63, 3.8) is 0 Å². The van der Waals surface area contributed by atoms with Crippen LogP contribution in [0.5, 0.6) is 17.2 Å². The molecule has 1 amide bonds. The van der Waals surface area contributed by atoms with Crippen LogP contribution in [0.25, 0.3) is 0 Å². The molecule has 0 bridgehead atoms. The summed E-state index contributed by atoms with van der Waals surface area (Å²) in [4.78, 5) is 23.8. The zero-order valence-corrected chi connectivity index (χ0v) is 13.4. The van der Waals surface area contributed by atoms with Gasteiger partial charge in [-0.05, 0) is 24.3 Å². The molecule has 0 spiro atoms. The maximum atomic E-state index is 12.0. The van der Waals surface area contributed by atoms with E-state index < -0.39 is 11.5 Å². The van der Waals surface area contributed by atoms with Gasteiger partial charge in [-0.25, -0.2) is 5.43 Å². The monoisotopic (exact) mass is 331 g/mol. The highest BCUT2D eigenvalue weighted by molar-refractivity contribution is 5.94. The first-order valence-electron chi connectivity index (χ1n) is 6.92. The summed E-state index contributed by atoms with van der Waals surface area (Å²) in [6, 6.07) is 6.06. The first-order chi connectivity index (χ1) is 11.5. The molecule has 2 rings (SSSR count). The average Bonchev–Trinajstić information content (AvgIpc) is 2.58. The number of nitrogens with one attached hydrogen (secondary N) is 1. The molecule has 0 fully saturated rings. The third-order valence-corrected chi connectivity index (χ3v) is 3.25. The Kier molecular flexibility index (Phi) is 5.20. The second kappa shape index (κ2) is 7.32. The Morgan fingerprint density at radius 2 is 1.92 bits per heavy atom. The summed E-state index contributed by atoms with van der Waals surface area (Å²) < 4.78 is 11.4. The van der Waals surface area contributed by atoms with E-state index in [1.165, 1.54) is 43.2 Å². The highest BCUT2D eigenvalue weighted by Crippen LogP contribution is 2.36. The standard InChI is InChI=1S/C16H17N3O5/c1-19-6-4-5-11(16(19)22)15(21)18-17-9-10-7-12(23-2)14(20)13(8-10)24-3/h4-9,20H,1-3H3,(H,18,21)/b17-9-. The predicted octanol–water partition coefficient (Wildman–Crippen LogP) is 0.872. The number of pyridine rings is 1. The maximum Gasteiger partial charge on any atom is 0.276 e. The number of aromatic hydroxyl groups is 1. The van der Waals surface area contributed by atoms with Crippen molar-refractivity contribution < 1.29 is 19.4 Å². The van der Waals surface area contributed by atoms with E-state index in [4.69, 9.17) is 9.47 Å². The fourth-order valence-corrected chi connectivity index (χ4v) is 1.98. The quantitative estimate of drug-likeness (QED) is 0.625. The molecule has 2 aromatic rings. The van der Waals surface area contributed by atoms with Gasteiger partial charge in [-0.2, -0.15) is 5.10 Å². The number of carbonyl (C=O) groups excluding carboxylic acids is 1. The summed E-state index contributed by atoms with van der Waals surface area (Å²) in [5.74, 6) is -0.336. The summed E-state index contributed by atoms with van der Waals surface area (Å²) in [7, 11) is 4.36. The summed E-state index contributed by atoms with van der Waals surface area (Å²) in [5, 5.41) is 13.6. The second-order valence-corrected chi connectivity index (χ2v) is 4.81. The zero-order valence-electron chi connectivity index (χ0n) is 13.4. The Bertz CT molecular complexity index is 817. The van der Waals surface area contributed by atoms with Crippen LogP contribution in [-0.4, -0.2) is 36.0 Å². The van der Waals surface area contributed by atoms with Crippen molar-refractivity contribution in [2.75, 3.05) is 14.2 Å². The zero-order chi connectivity index (χ0) is 17.7. The van der Waals surface area contributed by atoms with Gasteiger partial charge in [-0.1, -0.05) is 0 Å². The lowest BCUT2D eigenvalue weighted by molar-refractivity contribution is 0.0953. The summed E-state index contributed by atoms with van der Waals surface area (Å²) >= 11 is 0. The van der Waals surface area contributed by atoms with E-state index in [1.54, 1.807) is 19.3 Å². The smallest absolute Gasteiger partial charge is 0.276 e. The van der Waals surface area contributed by atoms with E-state index in [1.807, 2.05) is 0 Å². The number of phenols is 1. The molecule has 0 saturated heterocycles. The number of nitrogens with zero attached hydrogens (tertiary/aromatic N) is 2. The third-order valence-electron chi connectivity index (χ3n) is 3.25. The van der Waals surface area contributed by atoms with Gasteiger partial charge in [0.25, 0.3) is 11.5 Å². The molecule has 2 N–H and O–H groups in total. The van der Waals surface area contributed by atoms with Crippen molar-refractivity contribution in [2.45, 2.75) is 0 Å². The van der Waals surface area contributed by atoms with Crippen molar-refractivity contribution in [3.8, 4) is 17.2 Å². The molecule has 1 aromatic heterocycles. The van der Waals surface area contributed by atoms with Gasteiger partial charge >= 0.3 is 0 Å². The van der Waals surface area contributed by atoms with Gasteiger partial charge in [-0.15, -0.1) is 0 Å². The molecule has 1 aromatic carbocycles. The summed E-state index contributed by atoms with van der Waals surface area (Å²) in [6.45, 7) is 0. The topological polar surface area (TPSA) is 102 Å². The Hall–Kier alpha value is -3.29. The lowest BCUT2D eigenvalue weighted by Gasteiger charge is -2.09. The van der Waals surface area contributed by atoms with Gasteiger partial charge in [-0.3, -0.25) is 9.59 Å². The third kappa shape index (κ3) is 3.54. The number of benzene rings is 1. The van der Waals surface area contributed by atoms with Crippen LogP contribution in [-0.2, 0) is 7.05 Å². The molecule has 0 unspecified atom stereocenters. The molecule has 8 nitrogen and oxygen atoms in total. The Labute approximate surface area is 138 Å². The number of carbonyl (C=O) groups is 1. The van der Waals surface area contributed by atoms with E-state index >= 15 is 0 Å². The molecular weight excluding hydrogens is 314 g/mol. The van der Waals surface area contributed by atoms with E-state index in [-0.39, 0.29) is 22.8 Å². The van der Waals surface area contributed by atoms with Crippen molar-refractivity contribution in [3.05, 3.63) is 51.9 Å². The van der Waals surface area contributed by atoms with Gasteiger partial charge in [0.15, 0.2) is 11.5 Å². The number of aryl methyl sites for hydroxylation is 1. The number of aromatic nitrogens is 1. The fourth-order valence-electron chi connectivity index (χ4n) is 1.98. The van der Waals surface area contributed by atoms with E-state index in [9.17, 15) is 14.7 Å². The van der Waals surface area contributed by atoms with Crippen LogP contribution in [0.3, 0.4) is 0 Å². The molecule has 0 aliphatic heterocycles. The largest absolute Gasteiger partial charge is 0.502 e. The van der Waals surface area contributed by atoms with Gasteiger partial charge in [0.05, 0.1) is 20.4 Å². The number of ether oxygens (including phenoxy) is 2. The van der Waals surface area contributed by atoms with Gasteiger partial charge in [0.1, 0.15) is 5.56 Å². The van der Waals surface area contributed by atoms with Crippen molar-refractivity contribution >= 4 is 12.1 Å². The summed E-state index contributed by atoms with van der Waals surface area (Å²) in [5.41, 5.74) is 2.37. The fraction of sp³-hybridized carbons (Fsp3) is 0.188. The van der Waals surface area contributed by atoms with E-state index in [0.29, 0.717) is 5.56 Å². The molecule has 1 heterocycles. The predicted molar refractivity (Wildman–Crippen MR) is 88.0 cm³/mol. The van der Waals surface area contributed by atoms with Crippen LogP contribution >= 0.6 is 0 Å². The van der Waals surface area contributed by atoms with Crippen LogP contribution in [0, 0.1) is 0 Å². The van der Waals surface area contributed by atoms with Crippen molar-refractivity contribution in [2.24, 2.45) is 12.1 Å². The average molecular weight is 331 g/mol. The first-order valence-corrected chi connectivity index (χ1v) is 6.92. The van der Waals surface area contributed by atoms with E-state index in [0.717, 1.165) is 0 Å². The van der Waals surface area contributed by atoms with Gasteiger partial charge in [0, 0.05) is 18.8 Å². The Morgan fingerprint density at radius 1 is 1.29 bits per heavy atom. The van der Waals surface area contributed by atoms with Crippen LogP contribution < -0.4 is 20.5 Å². The number of methoxy groups -OCH3 is 2. The van der Waals surface area contributed by atoms with Crippen LogP contribution in [0.2, 0.25) is 0 Å². The molecule has 0 radical (unpaired) electrons. The lowest BCUT2D eigenvalue weighted by Crippen LogP contribution is -2.29. The molecule has 0 atom stereocenters. The molecule has 8 heteroatoms. The molecule has 24 heavy (non-hydrogen) atoms. The molecular formula is C16H17N3O5. The van der Waals surface area contributed by atoms with Crippen LogP contribution in [0.4, 0.5) is 0 Å². The number of hydrogen-bond acceptors (Lipinski definition) is 6. The molecule has 126 valence electrons. The minimum atomic E-state index is -0.620. The number of hydrazone groups is 1. The van der Waals surface area contributed by atoms with Crippen LogP contribution in [0.15, 0.2) is 40.4 Å². The summed E-state index contributed by atoms with van der Waals surface area (Å²) in [6.07, 6.45) is 2.90. The number of rotatable bonds is 5. The van der Waals surface area contributed by atoms with Crippen LogP contribution in [0.1, 0.15) is 15.9 Å². The highest BCUT2D eigenvalue weighted by atomic mass is 16.5. The van der Waals surface area contributed by atoms with Gasteiger partial charge < -0.3 is 19.1 Å². The Morgan fingerprint density at radius 3 is 2.50 bits per heavy atom. The molecule has 0 aliphatic carbocycles. The minimum Gasteiger partial charge on any atom is -0.502 e. The normalized spacial score (nSPS) is 10.6. The lowest BCUT2D eigenvalue weighted by atomic mass is 10.2. The first kappa shape index (κ1) is 17.1. The van der Waals surface area contributed by atoms with Crippen molar-refractivity contribution in [1.82, 2.24) is 9.99 Å². The number of phenolic OH excluding ortho intramolecular Hbond substituents is 1. The SMILES string of the molecule is COc1cc(/C=N\NC(=O)c2cccn(C)c2=O)cc(OC)c1O.